The number of thiophene rings is 1. The van der Waals surface area contributed by atoms with Gasteiger partial charge in [0.25, 0.3) is 5.91 Å². The largest absolute Gasteiger partial charge is 0.326 e. The molecule has 0 aliphatic heterocycles. The zero-order valence-electron chi connectivity index (χ0n) is 13.7. The number of carbonyl (C=O) groups excluding carboxylic acids is 2. The predicted octanol–water partition coefficient (Wildman–Crippen LogP) is 3.73. The Morgan fingerprint density at radius 3 is 2.65 bits per heavy atom. The Labute approximate surface area is 159 Å². The number of para-hydroxylation sites is 1. The van der Waals surface area contributed by atoms with Crippen LogP contribution in [0.5, 0.6) is 0 Å². The number of fused-ring (bicyclic) bond motifs is 1. The first-order valence-electron chi connectivity index (χ1n) is 7.66. The number of urea groups is 1. The average Bonchev–Trinajstić information content (AvgIpc) is 2.97. The summed E-state index contributed by atoms with van der Waals surface area (Å²) in [6.07, 6.45) is 5.95. The van der Waals surface area contributed by atoms with E-state index in [2.05, 4.69) is 10.6 Å². The minimum absolute atomic E-state index is 0.139. The Hall–Kier alpha value is -2.16. The molecule has 1 aromatic heterocycles. The highest BCUT2D eigenvalue weighted by atomic mass is 35.5. The van der Waals surface area contributed by atoms with Crippen molar-refractivity contribution in [2.24, 2.45) is 0 Å². The van der Waals surface area contributed by atoms with Gasteiger partial charge in [-0.1, -0.05) is 35.9 Å². The molecule has 0 saturated carbocycles. The summed E-state index contributed by atoms with van der Waals surface area (Å²) in [4.78, 5) is 24.9. The lowest BCUT2D eigenvalue weighted by Gasteiger charge is -2.10. The second-order valence-electron chi connectivity index (χ2n) is 5.71. The smallest absolute Gasteiger partial charge is 0.306 e. The summed E-state index contributed by atoms with van der Waals surface area (Å²) in [5, 5.41) is 5.07. The molecule has 2 aromatic rings. The Morgan fingerprint density at radius 2 is 1.96 bits per heavy atom. The van der Waals surface area contributed by atoms with Gasteiger partial charge in [0.1, 0.15) is 4.21 Å². The second kappa shape index (κ2) is 7.22. The van der Waals surface area contributed by atoms with Gasteiger partial charge in [-0.3, -0.25) is 10.1 Å². The van der Waals surface area contributed by atoms with E-state index in [1.807, 2.05) is 6.08 Å². The molecule has 0 radical (unpaired) electrons. The van der Waals surface area contributed by atoms with E-state index in [9.17, 15) is 18.0 Å². The summed E-state index contributed by atoms with van der Waals surface area (Å²) in [5.74, 6) is -0.638. The van der Waals surface area contributed by atoms with Crippen molar-refractivity contribution >= 4 is 56.5 Å². The van der Waals surface area contributed by atoms with Gasteiger partial charge in [0, 0.05) is 11.8 Å². The van der Waals surface area contributed by atoms with Crippen molar-refractivity contribution in [3.05, 3.63) is 51.4 Å². The van der Waals surface area contributed by atoms with Gasteiger partial charge in [-0.05, 0) is 30.5 Å². The third-order valence-electron chi connectivity index (χ3n) is 3.75. The van der Waals surface area contributed by atoms with Crippen LogP contribution in [-0.4, -0.2) is 26.6 Å². The van der Waals surface area contributed by atoms with E-state index in [0.717, 1.165) is 17.6 Å². The third-order valence-corrected chi connectivity index (χ3v) is 7.17. The number of halogens is 1. The number of carbonyl (C=O) groups is 2. The molecular formula is C17H15ClN2O4S2. The fraction of sp³-hybridized carbons (Fsp3) is 0.176. The second-order valence-corrected chi connectivity index (χ2v) is 9.35. The molecule has 1 aliphatic carbocycles. The first-order valence-corrected chi connectivity index (χ1v) is 10.7. The molecule has 0 atom stereocenters. The Morgan fingerprint density at radius 1 is 1.23 bits per heavy atom. The van der Waals surface area contributed by atoms with E-state index in [1.165, 1.54) is 0 Å². The molecule has 26 heavy (non-hydrogen) atoms. The quantitative estimate of drug-likeness (QED) is 0.806. The molecule has 1 aromatic carbocycles. The van der Waals surface area contributed by atoms with Crippen LogP contribution in [0.1, 0.15) is 27.2 Å². The van der Waals surface area contributed by atoms with Crippen LogP contribution in [0.25, 0.3) is 6.08 Å². The number of rotatable bonds is 3. The molecule has 1 aliphatic rings. The van der Waals surface area contributed by atoms with Crippen LogP contribution in [0.15, 0.2) is 34.6 Å². The lowest BCUT2D eigenvalue weighted by atomic mass is 10.00. The number of hydrogen-bond acceptors (Lipinski definition) is 5. The molecule has 3 rings (SSSR count). The number of anilines is 1. The highest BCUT2D eigenvalue weighted by molar-refractivity contribution is 7.92. The van der Waals surface area contributed by atoms with Gasteiger partial charge in [-0.15, -0.1) is 11.3 Å². The van der Waals surface area contributed by atoms with E-state index in [4.69, 9.17) is 11.6 Å². The number of benzene rings is 1. The van der Waals surface area contributed by atoms with Crippen molar-refractivity contribution in [3.8, 4) is 0 Å². The monoisotopic (exact) mass is 410 g/mol. The molecular weight excluding hydrogens is 396 g/mol. The van der Waals surface area contributed by atoms with Gasteiger partial charge in [0.2, 0.25) is 0 Å². The number of sulfone groups is 1. The molecule has 0 spiro atoms. The summed E-state index contributed by atoms with van der Waals surface area (Å²) < 4.78 is 24.1. The summed E-state index contributed by atoms with van der Waals surface area (Å²) in [6.45, 7) is 0. The fourth-order valence-corrected chi connectivity index (χ4v) is 5.23. The lowest BCUT2D eigenvalue weighted by Crippen LogP contribution is -2.34. The maximum Gasteiger partial charge on any atom is 0.326 e. The molecule has 9 heteroatoms. The Bertz CT molecular complexity index is 1030. The van der Waals surface area contributed by atoms with E-state index in [0.29, 0.717) is 34.7 Å². The Balaban J connectivity index is 1.85. The molecule has 0 unspecified atom stereocenters. The molecule has 6 nitrogen and oxygen atoms in total. The van der Waals surface area contributed by atoms with Gasteiger partial charge in [0.15, 0.2) is 9.84 Å². The van der Waals surface area contributed by atoms with Crippen molar-refractivity contribution in [2.75, 3.05) is 11.6 Å². The lowest BCUT2D eigenvalue weighted by molar-refractivity contribution is 0.0970. The maximum atomic E-state index is 12.5. The summed E-state index contributed by atoms with van der Waals surface area (Å²) in [6, 6.07) is 5.89. The van der Waals surface area contributed by atoms with Gasteiger partial charge < -0.3 is 5.32 Å². The maximum absolute atomic E-state index is 12.5. The standard InChI is InChI=1S/C17H15ClN2O4S2/c1-26(23,24)16-11-7-3-2-6-10(11)14(25-16)15(21)20-17(22)19-13-9-5-4-8-12(13)18/h3-5,7-9H,2,6H2,1H3,(H2,19,20,21,22). The molecule has 2 N–H and O–H groups in total. The van der Waals surface area contributed by atoms with E-state index in [-0.39, 0.29) is 9.09 Å². The number of amides is 3. The number of nitrogens with one attached hydrogen (secondary N) is 2. The first-order chi connectivity index (χ1) is 12.3. The first kappa shape index (κ1) is 18.6. The normalized spacial score (nSPS) is 13.2. The third kappa shape index (κ3) is 3.82. The zero-order valence-corrected chi connectivity index (χ0v) is 16.1. The van der Waals surface area contributed by atoms with Gasteiger partial charge >= 0.3 is 6.03 Å². The minimum Gasteiger partial charge on any atom is -0.306 e. The molecule has 0 fully saturated rings. The van der Waals surface area contributed by atoms with Crippen LogP contribution < -0.4 is 10.6 Å². The highest BCUT2D eigenvalue weighted by Gasteiger charge is 2.27. The van der Waals surface area contributed by atoms with Crippen LogP contribution in [0.3, 0.4) is 0 Å². The number of imide groups is 1. The highest BCUT2D eigenvalue weighted by Crippen LogP contribution is 2.36. The van der Waals surface area contributed by atoms with Crippen LogP contribution in [0, 0.1) is 0 Å². The minimum atomic E-state index is -3.47. The fourth-order valence-electron chi connectivity index (χ4n) is 2.64. The van der Waals surface area contributed by atoms with Crippen LogP contribution >= 0.6 is 22.9 Å². The van der Waals surface area contributed by atoms with Crippen LogP contribution in [0.4, 0.5) is 10.5 Å². The van der Waals surface area contributed by atoms with E-state index >= 15 is 0 Å². The van der Waals surface area contributed by atoms with Crippen molar-refractivity contribution < 1.29 is 18.0 Å². The molecule has 0 saturated heterocycles. The van der Waals surface area contributed by atoms with E-state index < -0.39 is 21.8 Å². The van der Waals surface area contributed by atoms with Gasteiger partial charge in [-0.2, -0.15) is 0 Å². The number of hydrogen-bond donors (Lipinski definition) is 2. The Kier molecular flexibility index (Phi) is 5.17. The summed E-state index contributed by atoms with van der Waals surface area (Å²) in [5.41, 5.74) is 1.56. The van der Waals surface area contributed by atoms with Gasteiger partial charge in [-0.25, -0.2) is 13.2 Å². The van der Waals surface area contributed by atoms with Crippen molar-refractivity contribution in [1.29, 1.82) is 0 Å². The van der Waals surface area contributed by atoms with Crippen LogP contribution in [0.2, 0.25) is 5.02 Å². The molecule has 0 bridgehead atoms. The van der Waals surface area contributed by atoms with Gasteiger partial charge in [0.05, 0.1) is 15.6 Å². The van der Waals surface area contributed by atoms with Crippen molar-refractivity contribution in [3.63, 3.8) is 0 Å². The predicted molar refractivity (Wildman–Crippen MR) is 103 cm³/mol. The number of allylic oxidation sites excluding steroid dienone is 1. The average molecular weight is 411 g/mol. The summed E-state index contributed by atoms with van der Waals surface area (Å²) >= 11 is 6.86. The SMILES string of the molecule is CS(=O)(=O)c1sc(C(=O)NC(=O)Nc2ccccc2Cl)c2c1C=CCC2. The topological polar surface area (TPSA) is 92.3 Å². The van der Waals surface area contributed by atoms with Crippen molar-refractivity contribution in [2.45, 2.75) is 17.1 Å². The summed E-state index contributed by atoms with van der Waals surface area (Å²) in [7, 11) is -3.47. The van der Waals surface area contributed by atoms with E-state index in [1.54, 1.807) is 30.3 Å². The molecule has 1 heterocycles. The van der Waals surface area contributed by atoms with Crippen molar-refractivity contribution in [1.82, 2.24) is 5.32 Å². The van der Waals surface area contributed by atoms with Crippen LogP contribution in [-0.2, 0) is 16.3 Å². The molecule has 3 amide bonds. The zero-order chi connectivity index (χ0) is 18.9. The molecule has 136 valence electrons.